The lowest BCUT2D eigenvalue weighted by atomic mass is 10.2. The summed E-state index contributed by atoms with van der Waals surface area (Å²) in [5.41, 5.74) is -3.11. The Kier molecular flexibility index (Phi) is 6.03. The number of amides is 2. The van der Waals surface area contributed by atoms with E-state index >= 15 is 0 Å². The first-order valence-electron chi connectivity index (χ1n) is 8.93. The van der Waals surface area contributed by atoms with Crippen LogP contribution in [0.4, 0.5) is 48.2 Å². The van der Waals surface area contributed by atoms with Crippen LogP contribution in [0.15, 0.2) is 48.5 Å². The lowest BCUT2D eigenvalue weighted by molar-refractivity contribution is -0.384. The van der Waals surface area contributed by atoms with Gasteiger partial charge in [-0.05, 0) is 36.8 Å². The quantitative estimate of drug-likeness (QED) is 0.285. The zero-order valence-electron chi connectivity index (χ0n) is 16.5. The van der Waals surface area contributed by atoms with Crippen LogP contribution in [0.5, 0.6) is 0 Å². The molecule has 0 aliphatic heterocycles. The SMILES string of the molecule is Cc1ccc([N+](=O)[O-])cc1NC(=O)Nc1ccc(-n2nc(C(F)(F)F)cc2C(F)(F)F)cc1. The summed E-state index contributed by atoms with van der Waals surface area (Å²) in [5, 5.41) is 18.7. The maximum atomic E-state index is 13.2. The summed E-state index contributed by atoms with van der Waals surface area (Å²) < 4.78 is 78.1. The first-order chi connectivity index (χ1) is 15.3. The molecule has 14 heteroatoms. The molecule has 0 unspecified atom stereocenters. The van der Waals surface area contributed by atoms with Crippen LogP contribution in [-0.4, -0.2) is 20.7 Å². The number of hydrogen-bond donors (Lipinski definition) is 2. The van der Waals surface area contributed by atoms with E-state index in [0.29, 0.717) is 5.56 Å². The van der Waals surface area contributed by atoms with Crippen molar-refractivity contribution in [1.29, 1.82) is 0 Å². The van der Waals surface area contributed by atoms with E-state index in [1.165, 1.54) is 12.1 Å². The lowest BCUT2D eigenvalue weighted by Gasteiger charge is -2.12. The summed E-state index contributed by atoms with van der Waals surface area (Å²) in [6.45, 7) is 1.60. The minimum absolute atomic E-state index is 0.0936. The number of urea groups is 1. The summed E-state index contributed by atoms with van der Waals surface area (Å²) in [7, 11) is 0. The number of benzene rings is 2. The van der Waals surface area contributed by atoms with E-state index < -0.39 is 34.7 Å². The fraction of sp³-hybridized carbons (Fsp3) is 0.158. The van der Waals surface area contributed by atoms with Gasteiger partial charge >= 0.3 is 18.4 Å². The monoisotopic (exact) mass is 473 g/mol. The predicted molar refractivity (Wildman–Crippen MR) is 104 cm³/mol. The number of carbonyl (C=O) groups excluding carboxylic acids is 1. The van der Waals surface area contributed by atoms with Gasteiger partial charge in [-0.1, -0.05) is 6.07 Å². The standard InChI is InChI=1S/C19H13F6N5O3/c1-10-2-5-13(30(32)33)8-14(10)27-17(31)26-11-3-6-12(7-4-11)29-16(19(23,24)25)9-15(28-29)18(20,21)22/h2-9H,1H3,(H2,26,27,31). The molecule has 0 saturated heterocycles. The molecule has 0 spiro atoms. The third kappa shape index (κ3) is 5.39. The molecule has 8 nitrogen and oxygen atoms in total. The summed E-state index contributed by atoms with van der Waals surface area (Å²) in [6.07, 6.45) is -10.2. The highest BCUT2D eigenvalue weighted by atomic mass is 19.4. The van der Waals surface area contributed by atoms with Gasteiger partial charge in [0.2, 0.25) is 0 Å². The Morgan fingerprint density at radius 3 is 2.15 bits per heavy atom. The van der Waals surface area contributed by atoms with Crippen LogP contribution in [0.1, 0.15) is 17.0 Å². The second-order valence-electron chi connectivity index (χ2n) is 6.70. The van der Waals surface area contributed by atoms with Gasteiger partial charge in [0.05, 0.1) is 16.3 Å². The molecular weight excluding hydrogens is 460 g/mol. The Labute approximate surface area is 181 Å². The number of aryl methyl sites for hydroxylation is 1. The molecule has 0 fully saturated rings. The Morgan fingerprint density at radius 1 is 0.970 bits per heavy atom. The predicted octanol–water partition coefficient (Wildman–Crippen LogP) is 5.77. The summed E-state index contributed by atoms with van der Waals surface area (Å²) in [5.74, 6) is 0. The van der Waals surface area contributed by atoms with E-state index in [1.54, 1.807) is 6.92 Å². The van der Waals surface area contributed by atoms with Crippen LogP contribution in [0.25, 0.3) is 5.69 Å². The minimum Gasteiger partial charge on any atom is -0.308 e. The molecule has 2 aromatic carbocycles. The molecule has 1 heterocycles. The summed E-state index contributed by atoms with van der Waals surface area (Å²) in [4.78, 5) is 22.4. The van der Waals surface area contributed by atoms with Crippen LogP contribution < -0.4 is 10.6 Å². The fourth-order valence-electron chi connectivity index (χ4n) is 2.75. The first-order valence-corrected chi connectivity index (χ1v) is 8.93. The number of aromatic nitrogens is 2. The van der Waals surface area contributed by atoms with Crippen molar-refractivity contribution in [3.63, 3.8) is 0 Å². The topological polar surface area (TPSA) is 102 Å². The number of rotatable bonds is 4. The fourth-order valence-corrected chi connectivity index (χ4v) is 2.75. The molecule has 1 aromatic heterocycles. The van der Waals surface area contributed by atoms with Crippen LogP contribution in [0.2, 0.25) is 0 Å². The van der Waals surface area contributed by atoms with Gasteiger partial charge in [-0.25, -0.2) is 9.48 Å². The Hall–Kier alpha value is -4.10. The van der Waals surface area contributed by atoms with Gasteiger partial charge in [0, 0.05) is 23.9 Å². The van der Waals surface area contributed by atoms with Gasteiger partial charge in [0.15, 0.2) is 5.69 Å². The maximum absolute atomic E-state index is 13.2. The summed E-state index contributed by atoms with van der Waals surface area (Å²) in [6, 6.07) is 7.32. The normalized spacial score (nSPS) is 11.8. The molecule has 0 radical (unpaired) electrons. The van der Waals surface area contributed by atoms with Crippen LogP contribution in [0.3, 0.4) is 0 Å². The molecular formula is C19H13F6N5O3. The lowest BCUT2D eigenvalue weighted by Crippen LogP contribution is -2.20. The smallest absolute Gasteiger partial charge is 0.308 e. The zero-order valence-corrected chi connectivity index (χ0v) is 16.5. The Morgan fingerprint density at radius 2 is 1.61 bits per heavy atom. The highest BCUT2D eigenvalue weighted by molar-refractivity contribution is 6.00. The number of carbonyl (C=O) groups is 1. The second kappa shape index (κ2) is 8.44. The van der Waals surface area contributed by atoms with Crippen molar-refractivity contribution in [2.24, 2.45) is 0 Å². The van der Waals surface area contributed by atoms with Crippen LogP contribution >= 0.6 is 0 Å². The second-order valence-corrected chi connectivity index (χ2v) is 6.70. The van der Waals surface area contributed by atoms with Crippen molar-refractivity contribution in [1.82, 2.24) is 9.78 Å². The zero-order chi connectivity index (χ0) is 24.6. The van der Waals surface area contributed by atoms with Gasteiger partial charge in [-0.15, -0.1) is 0 Å². The first kappa shape index (κ1) is 23.6. The third-order valence-corrected chi connectivity index (χ3v) is 4.34. The van der Waals surface area contributed by atoms with Crippen LogP contribution in [-0.2, 0) is 12.4 Å². The Bertz CT molecular complexity index is 1200. The number of alkyl halides is 6. The third-order valence-electron chi connectivity index (χ3n) is 4.34. The van der Waals surface area contributed by atoms with Gasteiger partial charge in [0.25, 0.3) is 5.69 Å². The van der Waals surface area contributed by atoms with E-state index in [2.05, 4.69) is 15.7 Å². The molecule has 3 aromatic rings. The van der Waals surface area contributed by atoms with Crippen molar-refractivity contribution in [2.45, 2.75) is 19.3 Å². The highest BCUT2D eigenvalue weighted by Gasteiger charge is 2.42. The van der Waals surface area contributed by atoms with Crippen molar-refractivity contribution < 1.29 is 36.1 Å². The van der Waals surface area contributed by atoms with E-state index in [0.717, 1.165) is 30.3 Å². The number of hydrogen-bond acceptors (Lipinski definition) is 4. The minimum atomic E-state index is -5.09. The molecule has 3 rings (SSSR count). The van der Waals surface area contributed by atoms with Crippen molar-refractivity contribution in [3.05, 3.63) is 75.6 Å². The maximum Gasteiger partial charge on any atom is 0.435 e. The molecule has 0 aliphatic carbocycles. The van der Waals surface area contributed by atoms with Crippen molar-refractivity contribution >= 4 is 23.1 Å². The van der Waals surface area contributed by atoms with Gasteiger partial charge in [-0.2, -0.15) is 31.4 Å². The van der Waals surface area contributed by atoms with E-state index in [1.807, 2.05) is 0 Å². The molecule has 0 bridgehead atoms. The number of nitrogens with zero attached hydrogens (tertiary/aromatic N) is 3. The van der Waals surface area contributed by atoms with E-state index in [9.17, 15) is 41.3 Å². The number of nitro benzene ring substituents is 1. The van der Waals surface area contributed by atoms with E-state index in [-0.39, 0.29) is 33.5 Å². The van der Waals surface area contributed by atoms with Gasteiger partial charge in [0.1, 0.15) is 5.69 Å². The summed E-state index contributed by atoms with van der Waals surface area (Å²) >= 11 is 0. The molecule has 0 atom stereocenters. The van der Waals surface area contributed by atoms with Crippen LogP contribution in [0, 0.1) is 17.0 Å². The molecule has 174 valence electrons. The van der Waals surface area contributed by atoms with Gasteiger partial charge < -0.3 is 10.6 Å². The number of anilines is 2. The highest BCUT2D eigenvalue weighted by Crippen LogP contribution is 2.36. The van der Waals surface area contributed by atoms with Gasteiger partial charge in [-0.3, -0.25) is 10.1 Å². The Balaban J connectivity index is 1.80. The van der Waals surface area contributed by atoms with Crippen molar-refractivity contribution in [3.8, 4) is 5.69 Å². The number of nitro groups is 1. The number of halogens is 6. The average molecular weight is 473 g/mol. The molecule has 33 heavy (non-hydrogen) atoms. The number of nitrogens with one attached hydrogen (secondary N) is 2. The molecule has 0 aliphatic rings. The van der Waals surface area contributed by atoms with E-state index in [4.69, 9.17) is 0 Å². The molecule has 2 N–H and O–H groups in total. The van der Waals surface area contributed by atoms with Crippen molar-refractivity contribution in [2.75, 3.05) is 10.6 Å². The largest absolute Gasteiger partial charge is 0.435 e. The average Bonchev–Trinajstić information content (AvgIpc) is 3.16. The number of non-ortho nitro benzene ring substituents is 1. The molecule has 2 amide bonds. The molecule has 0 saturated carbocycles.